The third kappa shape index (κ3) is 4.33. The third-order valence-electron chi connectivity index (χ3n) is 4.58. The van der Waals surface area contributed by atoms with Crippen molar-refractivity contribution >= 4 is 5.91 Å². The second-order valence-corrected chi connectivity index (χ2v) is 6.59. The van der Waals surface area contributed by atoms with Gasteiger partial charge in [0.2, 0.25) is 0 Å². The van der Waals surface area contributed by atoms with Crippen molar-refractivity contribution in [3.8, 4) is 0 Å². The Balaban J connectivity index is 1.62. The maximum absolute atomic E-state index is 12.6. The fraction of sp³-hybridized carbons (Fsp3) is 0.421. The lowest BCUT2D eigenvalue weighted by Crippen LogP contribution is -2.36. The molecule has 1 aromatic carbocycles. The van der Waals surface area contributed by atoms with Crippen molar-refractivity contribution in [3.63, 3.8) is 0 Å². The van der Waals surface area contributed by atoms with Crippen LogP contribution < -0.4 is 5.56 Å². The van der Waals surface area contributed by atoms with Gasteiger partial charge in [0.05, 0.1) is 0 Å². The van der Waals surface area contributed by atoms with Gasteiger partial charge >= 0.3 is 0 Å². The first-order valence-electron chi connectivity index (χ1n) is 8.64. The maximum Gasteiger partial charge on any atom is 0.274 e. The summed E-state index contributed by atoms with van der Waals surface area (Å²) in [4.78, 5) is 28.3. The zero-order valence-electron chi connectivity index (χ0n) is 14.8. The van der Waals surface area contributed by atoms with Crippen LogP contribution in [-0.2, 0) is 13.6 Å². The summed E-state index contributed by atoms with van der Waals surface area (Å²) in [6.45, 7) is 6.19. The van der Waals surface area contributed by atoms with Gasteiger partial charge in [-0.05, 0) is 25.0 Å². The highest BCUT2D eigenvalue weighted by atomic mass is 16.2. The summed E-state index contributed by atoms with van der Waals surface area (Å²) in [5, 5.41) is 4.07. The first kappa shape index (κ1) is 17.4. The van der Waals surface area contributed by atoms with E-state index in [4.69, 9.17) is 0 Å². The third-order valence-corrected chi connectivity index (χ3v) is 4.58. The predicted octanol–water partition coefficient (Wildman–Crippen LogP) is 1.44. The molecule has 0 atom stereocenters. The van der Waals surface area contributed by atoms with Crippen molar-refractivity contribution in [1.29, 1.82) is 0 Å². The highest BCUT2D eigenvalue weighted by Gasteiger charge is 2.21. The number of nitrogens with zero attached hydrogens (tertiary/aromatic N) is 4. The Morgan fingerprint density at radius 2 is 1.80 bits per heavy atom. The average Bonchev–Trinajstić information content (AvgIpc) is 2.84. The van der Waals surface area contributed by atoms with Crippen LogP contribution in [0.1, 0.15) is 28.0 Å². The van der Waals surface area contributed by atoms with E-state index >= 15 is 0 Å². The molecule has 1 saturated heterocycles. The van der Waals surface area contributed by atoms with Gasteiger partial charge in [0.15, 0.2) is 0 Å². The minimum Gasteiger partial charge on any atom is -0.336 e. The molecule has 1 amide bonds. The van der Waals surface area contributed by atoms with Crippen LogP contribution in [-0.4, -0.2) is 51.7 Å². The number of hydrogen-bond acceptors (Lipinski definition) is 4. The molecule has 2 heterocycles. The Morgan fingerprint density at radius 3 is 2.52 bits per heavy atom. The van der Waals surface area contributed by atoms with Crippen LogP contribution in [0.4, 0.5) is 0 Å². The Labute approximate surface area is 147 Å². The SMILES string of the molecule is Cc1ccc(CN2CCCN(C(=O)c3ccc(=O)n(C)n3)CC2)cc1. The lowest BCUT2D eigenvalue weighted by Gasteiger charge is -2.22. The summed E-state index contributed by atoms with van der Waals surface area (Å²) in [5.74, 6) is -0.104. The van der Waals surface area contributed by atoms with Gasteiger partial charge in [0.1, 0.15) is 5.69 Å². The van der Waals surface area contributed by atoms with Crippen LogP contribution in [0.25, 0.3) is 0 Å². The number of amides is 1. The molecule has 0 aliphatic carbocycles. The van der Waals surface area contributed by atoms with E-state index in [2.05, 4.69) is 41.2 Å². The van der Waals surface area contributed by atoms with E-state index in [9.17, 15) is 9.59 Å². The molecule has 1 aliphatic heterocycles. The molecule has 6 heteroatoms. The number of rotatable bonds is 3. The van der Waals surface area contributed by atoms with E-state index in [0.717, 1.165) is 26.1 Å². The van der Waals surface area contributed by atoms with Crippen LogP contribution in [0.15, 0.2) is 41.2 Å². The monoisotopic (exact) mass is 340 g/mol. The van der Waals surface area contributed by atoms with Gasteiger partial charge in [-0.2, -0.15) is 5.10 Å². The molecule has 0 bridgehead atoms. The second kappa shape index (κ2) is 7.61. The number of benzene rings is 1. The van der Waals surface area contributed by atoms with Crippen molar-refractivity contribution in [2.45, 2.75) is 19.9 Å². The lowest BCUT2D eigenvalue weighted by atomic mass is 10.1. The van der Waals surface area contributed by atoms with Gasteiger partial charge in [-0.1, -0.05) is 29.8 Å². The van der Waals surface area contributed by atoms with Crippen molar-refractivity contribution in [2.24, 2.45) is 7.05 Å². The fourth-order valence-electron chi connectivity index (χ4n) is 3.06. The van der Waals surface area contributed by atoms with Crippen LogP contribution in [0.2, 0.25) is 0 Å². The first-order valence-corrected chi connectivity index (χ1v) is 8.64. The number of hydrogen-bond donors (Lipinski definition) is 0. The summed E-state index contributed by atoms with van der Waals surface area (Å²) < 4.78 is 1.20. The molecule has 132 valence electrons. The van der Waals surface area contributed by atoms with Crippen LogP contribution in [0.5, 0.6) is 0 Å². The van der Waals surface area contributed by atoms with Crippen molar-refractivity contribution < 1.29 is 4.79 Å². The van der Waals surface area contributed by atoms with Gasteiger partial charge in [0, 0.05) is 45.8 Å². The molecule has 0 radical (unpaired) electrons. The summed E-state index contributed by atoms with van der Waals surface area (Å²) in [5.41, 5.74) is 2.68. The molecule has 1 aromatic heterocycles. The standard InChI is InChI=1S/C19H24N4O2/c1-15-4-6-16(7-5-15)14-22-10-3-11-23(13-12-22)19(25)17-8-9-18(24)21(2)20-17/h4-9H,3,10-14H2,1-2H3. The number of carbonyl (C=O) groups excluding carboxylic acids is 1. The minimum atomic E-state index is -0.211. The van der Waals surface area contributed by atoms with Gasteiger partial charge in [0.25, 0.3) is 11.5 Å². The molecule has 0 unspecified atom stereocenters. The summed E-state index contributed by atoms with van der Waals surface area (Å²) in [6.07, 6.45) is 0.934. The highest BCUT2D eigenvalue weighted by Crippen LogP contribution is 2.11. The molecule has 0 N–H and O–H groups in total. The number of aryl methyl sites for hydroxylation is 2. The zero-order valence-corrected chi connectivity index (χ0v) is 14.8. The quantitative estimate of drug-likeness (QED) is 0.848. The van der Waals surface area contributed by atoms with Gasteiger partial charge < -0.3 is 4.90 Å². The molecule has 0 spiro atoms. The second-order valence-electron chi connectivity index (χ2n) is 6.59. The lowest BCUT2D eigenvalue weighted by molar-refractivity contribution is 0.0752. The summed E-state index contributed by atoms with van der Waals surface area (Å²) in [6, 6.07) is 11.5. The molecule has 2 aromatic rings. The summed E-state index contributed by atoms with van der Waals surface area (Å²) in [7, 11) is 1.56. The van der Waals surface area contributed by atoms with Gasteiger partial charge in [-0.25, -0.2) is 4.68 Å². The Bertz CT molecular complexity index is 798. The maximum atomic E-state index is 12.6. The van der Waals surface area contributed by atoms with E-state index in [0.29, 0.717) is 18.8 Å². The summed E-state index contributed by atoms with van der Waals surface area (Å²) >= 11 is 0. The minimum absolute atomic E-state index is 0.104. The van der Waals surface area contributed by atoms with Gasteiger partial charge in [-0.3, -0.25) is 14.5 Å². The van der Waals surface area contributed by atoms with Crippen LogP contribution >= 0.6 is 0 Å². The van der Waals surface area contributed by atoms with Gasteiger partial charge in [-0.15, -0.1) is 0 Å². The fourth-order valence-corrected chi connectivity index (χ4v) is 3.06. The Hall–Kier alpha value is -2.47. The molecule has 1 aliphatic rings. The Morgan fingerprint density at radius 1 is 1.04 bits per heavy atom. The molecule has 25 heavy (non-hydrogen) atoms. The van der Waals surface area contributed by atoms with Crippen molar-refractivity contribution in [1.82, 2.24) is 19.6 Å². The van der Waals surface area contributed by atoms with Crippen molar-refractivity contribution in [2.75, 3.05) is 26.2 Å². The van der Waals surface area contributed by atoms with Crippen LogP contribution in [0, 0.1) is 6.92 Å². The molecular weight excluding hydrogens is 316 g/mol. The molecular formula is C19H24N4O2. The van der Waals surface area contributed by atoms with E-state index in [1.807, 2.05) is 4.90 Å². The topological polar surface area (TPSA) is 58.4 Å². The van der Waals surface area contributed by atoms with Crippen molar-refractivity contribution in [3.05, 3.63) is 63.6 Å². The largest absolute Gasteiger partial charge is 0.336 e. The Kier molecular flexibility index (Phi) is 5.28. The van der Waals surface area contributed by atoms with E-state index in [1.54, 1.807) is 7.05 Å². The smallest absolute Gasteiger partial charge is 0.274 e. The highest BCUT2D eigenvalue weighted by molar-refractivity contribution is 5.92. The molecule has 1 fully saturated rings. The van der Waals surface area contributed by atoms with Crippen LogP contribution in [0.3, 0.4) is 0 Å². The molecule has 3 rings (SSSR count). The van der Waals surface area contributed by atoms with E-state index in [-0.39, 0.29) is 11.5 Å². The van der Waals surface area contributed by atoms with E-state index < -0.39 is 0 Å². The molecule has 0 saturated carbocycles. The van der Waals surface area contributed by atoms with E-state index in [1.165, 1.54) is 27.9 Å². The number of aromatic nitrogens is 2. The number of carbonyl (C=O) groups is 1. The zero-order chi connectivity index (χ0) is 17.8. The average molecular weight is 340 g/mol. The normalized spacial score (nSPS) is 15.8. The predicted molar refractivity (Wildman–Crippen MR) is 96.5 cm³/mol. The molecule has 6 nitrogen and oxygen atoms in total. The first-order chi connectivity index (χ1) is 12.0.